The lowest BCUT2D eigenvalue weighted by Gasteiger charge is -2.18. The van der Waals surface area contributed by atoms with Gasteiger partial charge in [0.15, 0.2) is 0 Å². The van der Waals surface area contributed by atoms with Crippen molar-refractivity contribution in [1.29, 1.82) is 0 Å². The highest BCUT2D eigenvalue weighted by Gasteiger charge is 2.12. The molecule has 90 valence electrons. The van der Waals surface area contributed by atoms with E-state index in [2.05, 4.69) is 61.6 Å². The van der Waals surface area contributed by atoms with Gasteiger partial charge in [-0.2, -0.15) is 0 Å². The van der Waals surface area contributed by atoms with Gasteiger partial charge in [0.25, 0.3) is 0 Å². The summed E-state index contributed by atoms with van der Waals surface area (Å²) in [7, 11) is 0. The minimum absolute atomic E-state index is 0.0439. The van der Waals surface area contributed by atoms with E-state index in [0.29, 0.717) is 12.5 Å². The van der Waals surface area contributed by atoms with Crippen molar-refractivity contribution in [1.82, 2.24) is 0 Å². The van der Waals surface area contributed by atoms with Crippen molar-refractivity contribution in [2.45, 2.75) is 19.9 Å². The highest BCUT2D eigenvalue weighted by atomic mass is 79.9. The molecular weight excluding hydrogens is 402 g/mol. The summed E-state index contributed by atoms with van der Waals surface area (Å²) >= 11 is 10.3. The normalized spacial score (nSPS) is 12.9. The Morgan fingerprint density at radius 2 is 1.69 bits per heavy atom. The average Bonchev–Trinajstić information content (AvgIpc) is 2.15. The second-order valence-corrected chi connectivity index (χ2v) is 6.54. The van der Waals surface area contributed by atoms with Crippen LogP contribution in [-0.2, 0) is 0 Å². The van der Waals surface area contributed by atoms with Gasteiger partial charge in [-0.3, -0.25) is 0 Å². The third-order valence-electron chi connectivity index (χ3n) is 2.24. The average molecular weight is 416 g/mol. The lowest BCUT2D eigenvalue weighted by atomic mass is 10.1. The maximum atomic E-state index is 5.93. The number of rotatable bonds is 4. The summed E-state index contributed by atoms with van der Waals surface area (Å²) in [6, 6.07) is 3.93. The summed E-state index contributed by atoms with van der Waals surface area (Å²) in [6.07, 6.45) is 0. The van der Waals surface area contributed by atoms with E-state index in [0.717, 1.165) is 19.2 Å². The van der Waals surface area contributed by atoms with E-state index in [9.17, 15) is 0 Å². The fourth-order valence-corrected chi connectivity index (χ4v) is 3.53. The number of benzene rings is 1. The Kier molecular flexibility index (Phi) is 5.77. The molecule has 0 saturated heterocycles. The summed E-state index contributed by atoms with van der Waals surface area (Å²) < 4.78 is 8.51. The van der Waals surface area contributed by atoms with Gasteiger partial charge in [0.2, 0.25) is 0 Å². The summed E-state index contributed by atoms with van der Waals surface area (Å²) in [5.41, 5.74) is 5.93. The van der Waals surface area contributed by atoms with Crippen LogP contribution in [0.25, 0.3) is 0 Å². The molecule has 0 fully saturated rings. The number of hydrogen-bond donors (Lipinski definition) is 1. The smallest absolute Gasteiger partial charge is 0.147 e. The summed E-state index contributed by atoms with van der Waals surface area (Å²) in [4.78, 5) is 0. The molecule has 0 spiro atoms. The third-order valence-corrected chi connectivity index (χ3v) is 3.88. The first-order valence-electron chi connectivity index (χ1n) is 4.94. The van der Waals surface area contributed by atoms with Crippen molar-refractivity contribution >= 4 is 47.8 Å². The molecule has 0 aliphatic heterocycles. The monoisotopic (exact) mass is 413 g/mol. The van der Waals surface area contributed by atoms with Gasteiger partial charge in [-0.15, -0.1) is 0 Å². The molecule has 2 nitrogen and oxygen atoms in total. The van der Waals surface area contributed by atoms with Gasteiger partial charge in [-0.05, 0) is 49.9 Å². The van der Waals surface area contributed by atoms with E-state index in [1.54, 1.807) is 0 Å². The molecule has 1 atom stereocenters. The summed E-state index contributed by atoms with van der Waals surface area (Å²) in [6.45, 7) is 4.68. The Morgan fingerprint density at radius 1 is 1.19 bits per heavy atom. The van der Waals surface area contributed by atoms with E-state index in [1.165, 1.54) is 0 Å². The van der Waals surface area contributed by atoms with Crippen LogP contribution >= 0.6 is 47.8 Å². The molecule has 0 aliphatic rings. The Hall–Kier alpha value is 0.420. The first-order chi connectivity index (χ1) is 7.41. The molecule has 0 radical (unpaired) electrons. The fraction of sp³-hybridized carbons (Fsp3) is 0.455. The van der Waals surface area contributed by atoms with Crippen LogP contribution in [0.4, 0.5) is 0 Å². The Balaban J connectivity index is 2.74. The minimum Gasteiger partial charge on any atom is -0.490 e. The SMILES string of the molecule is CC(C)C(N)COc1c(Br)cc(Br)cc1Br. The van der Waals surface area contributed by atoms with E-state index < -0.39 is 0 Å². The quantitative estimate of drug-likeness (QED) is 0.794. The molecule has 0 amide bonds. The molecular formula is C11H14Br3NO. The lowest BCUT2D eigenvalue weighted by molar-refractivity contribution is 0.257. The van der Waals surface area contributed by atoms with Crippen LogP contribution < -0.4 is 10.5 Å². The molecule has 0 aliphatic carbocycles. The molecule has 0 aromatic heterocycles. The molecule has 0 heterocycles. The molecule has 0 bridgehead atoms. The van der Waals surface area contributed by atoms with Crippen molar-refractivity contribution in [3.63, 3.8) is 0 Å². The van der Waals surface area contributed by atoms with Crippen LogP contribution in [0.5, 0.6) is 5.75 Å². The van der Waals surface area contributed by atoms with Crippen molar-refractivity contribution in [3.05, 3.63) is 25.6 Å². The number of ether oxygens (including phenoxy) is 1. The highest BCUT2D eigenvalue weighted by molar-refractivity contribution is 9.11. The maximum Gasteiger partial charge on any atom is 0.147 e. The zero-order valence-electron chi connectivity index (χ0n) is 9.14. The summed E-state index contributed by atoms with van der Waals surface area (Å²) in [5, 5.41) is 0. The van der Waals surface area contributed by atoms with Crippen molar-refractivity contribution < 1.29 is 4.74 Å². The first kappa shape index (κ1) is 14.5. The van der Waals surface area contributed by atoms with Crippen LogP contribution in [0.3, 0.4) is 0 Å². The zero-order valence-corrected chi connectivity index (χ0v) is 13.9. The van der Waals surface area contributed by atoms with E-state index in [1.807, 2.05) is 12.1 Å². The van der Waals surface area contributed by atoms with Gasteiger partial charge in [-0.25, -0.2) is 0 Å². The van der Waals surface area contributed by atoms with Crippen molar-refractivity contribution in [2.75, 3.05) is 6.61 Å². The number of nitrogens with two attached hydrogens (primary N) is 1. The highest BCUT2D eigenvalue weighted by Crippen LogP contribution is 2.36. The molecule has 1 rings (SSSR count). The Morgan fingerprint density at radius 3 is 2.12 bits per heavy atom. The molecule has 1 unspecified atom stereocenters. The summed E-state index contributed by atoms with van der Waals surface area (Å²) in [5.74, 6) is 1.20. The molecule has 5 heteroatoms. The van der Waals surface area contributed by atoms with Gasteiger partial charge >= 0.3 is 0 Å². The van der Waals surface area contributed by atoms with Gasteiger partial charge in [-0.1, -0.05) is 29.8 Å². The number of halogens is 3. The van der Waals surface area contributed by atoms with Gasteiger partial charge in [0, 0.05) is 10.5 Å². The van der Waals surface area contributed by atoms with Crippen LogP contribution in [0, 0.1) is 5.92 Å². The standard InChI is InChI=1S/C11H14Br3NO/c1-6(2)10(15)5-16-11-8(13)3-7(12)4-9(11)14/h3-4,6,10H,5,15H2,1-2H3. The van der Waals surface area contributed by atoms with Crippen molar-refractivity contribution in [3.8, 4) is 5.75 Å². The first-order valence-corrected chi connectivity index (χ1v) is 7.32. The predicted octanol–water partition coefficient (Wildman–Crippen LogP) is 4.34. The van der Waals surface area contributed by atoms with E-state index in [4.69, 9.17) is 10.5 Å². The second kappa shape index (κ2) is 6.38. The van der Waals surface area contributed by atoms with Crippen LogP contribution in [-0.4, -0.2) is 12.6 Å². The van der Waals surface area contributed by atoms with Gasteiger partial charge in [0.05, 0.1) is 8.95 Å². The maximum absolute atomic E-state index is 5.93. The Labute approximate surface area is 121 Å². The van der Waals surface area contributed by atoms with Gasteiger partial charge in [0.1, 0.15) is 12.4 Å². The molecule has 2 N–H and O–H groups in total. The number of hydrogen-bond acceptors (Lipinski definition) is 2. The molecule has 0 saturated carbocycles. The van der Waals surface area contributed by atoms with E-state index >= 15 is 0 Å². The predicted molar refractivity (Wildman–Crippen MR) is 77.9 cm³/mol. The van der Waals surface area contributed by atoms with Crippen LogP contribution in [0.15, 0.2) is 25.6 Å². The lowest BCUT2D eigenvalue weighted by Crippen LogP contribution is -2.33. The molecule has 16 heavy (non-hydrogen) atoms. The molecule has 1 aromatic rings. The van der Waals surface area contributed by atoms with Crippen LogP contribution in [0.1, 0.15) is 13.8 Å². The third kappa shape index (κ3) is 4.02. The largest absolute Gasteiger partial charge is 0.490 e. The van der Waals surface area contributed by atoms with E-state index in [-0.39, 0.29) is 6.04 Å². The fourth-order valence-electron chi connectivity index (χ4n) is 1.04. The van der Waals surface area contributed by atoms with Crippen LogP contribution in [0.2, 0.25) is 0 Å². The van der Waals surface area contributed by atoms with Gasteiger partial charge < -0.3 is 10.5 Å². The molecule has 1 aromatic carbocycles. The minimum atomic E-state index is 0.0439. The Bertz CT molecular complexity index is 345. The van der Waals surface area contributed by atoms with Crippen molar-refractivity contribution in [2.24, 2.45) is 11.7 Å². The zero-order chi connectivity index (χ0) is 12.3. The second-order valence-electron chi connectivity index (χ2n) is 3.92. The topological polar surface area (TPSA) is 35.2 Å².